The van der Waals surface area contributed by atoms with E-state index in [0.717, 1.165) is 42.6 Å². The van der Waals surface area contributed by atoms with Crippen molar-refractivity contribution < 1.29 is 19.3 Å². The molecule has 5 rings (SSSR count). The Morgan fingerprint density at radius 1 is 0.657 bits per heavy atom. The van der Waals surface area contributed by atoms with Crippen LogP contribution in [0.4, 0.5) is 0 Å². The van der Waals surface area contributed by atoms with Crippen LogP contribution in [0.2, 0.25) is 0 Å². The summed E-state index contributed by atoms with van der Waals surface area (Å²) in [5.74, 6) is 0. The van der Waals surface area contributed by atoms with Crippen molar-refractivity contribution in [1.29, 1.82) is 0 Å². The fourth-order valence-corrected chi connectivity index (χ4v) is 5.30. The number of piperidine rings is 2. The van der Waals surface area contributed by atoms with Gasteiger partial charge in [-0.3, -0.25) is 4.90 Å². The zero-order valence-corrected chi connectivity index (χ0v) is 20.1. The number of rotatable bonds is 9. The van der Waals surface area contributed by atoms with Crippen molar-refractivity contribution in [2.75, 3.05) is 13.1 Å². The molecule has 5 heteroatoms. The van der Waals surface area contributed by atoms with Gasteiger partial charge in [-0.25, -0.2) is 0 Å². The maximum Gasteiger partial charge on any atom is 0.113 e. The van der Waals surface area contributed by atoms with E-state index in [1.165, 1.54) is 0 Å². The van der Waals surface area contributed by atoms with E-state index in [0.29, 0.717) is 19.8 Å². The minimum absolute atomic E-state index is 0.107. The third-order valence-electron chi connectivity index (χ3n) is 7.08. The molecule has 0 radical (unpaired) electrons. The van der Waals surface area contributed by atoms with E-state index in [1.54, 1.807) is 0 Å². The van der Waals surface area contributed by atoms with E-state index in [2.05, 4.69) is 41.3 Å². The molecule has 0 aliphatic carbocycles. The van der Waals surface area contributed by atoms with Crippen molar-refractivity contribution in [3.05, 3.63) is 108 Å². The molecule has 5 nitrogen and oxygen atoms in total. The number of aliphatic hydroxyl groups excluding tert-OH is 1. The minimum Gasteiger partial charge on any atom is -0.391 e. The van der Waals surface area contributed by atoms with E-state index in [-0.39, 0.29) is 24.4 Å². The lowest BCUT2D eigenvalue weighted by Crippen LogP contribution is -2.68. The third-order valence-corrected chi connectivity index (χ3v) is 7.08. The second kappa shape index (κ2) is 11.9. The summed E-state index contributed by atoms with van der Waals surface area (Å²) in [5.41, 5.74) is 3.36. The van der Waals surface area contributed by atoms with Crippen molar-refractivity contribution in [2.45, 2.75) is 63.1 Å². The van der Waals surface area contributed by atoms with E-state index >= 15 is 0 Å². The van der Waals surface area contributed by atoms with Gasteiger partial charge < -0.3 is 19.3 Å². The molecule has 35 heavy (non-hydrogen) atoms. The molecule has 0 saturated carbocycles. The van der Waals surface area contributed by atoms with Gasteiger partial charge in [0.1, 0.15) is 12.2 Å². The molecule has 3 aromatic carbocycles. The van der Waals surface area contributed by atoms with E-state index < -0.39 is 6.10 Å². The zero-order chi connectivity index (χ0) is 23.9. The first-order chi connectivity index (χ1) is 17.3. The second-order valence-electron chi connectivity index (χ2n) is 9.55. The summed E-state index contributed by atoms with van der Waals surface area (Å²) in [6.07, 6.45) is 0.557. The van der Waals surface area contributed by atoms with Crippen molar-refractivity contribution in [2.24, 2.45) is 0 Å². The van der Waals surface area contributed by atoms with Gasteiger partial charge in [-0.05, 0) is 36.1 Å². The molecule has 184 valence electrons. The predicted molar refractivity (Wildman–Crippen MR) is 136 cm³/mol. The summed E-state index contributed by atoms with van der Waals surface area (Å²) in [6.45, 7) is 3.12. The summed E-state index contributed by atoms with van der Waals surface area (Å²) in [4.78, 5) is 2.35. The topological polar surface area (TPSA) is 51.2 Å². The Morgan fingerprint density at radius 2 is 1.14 bits per heavy atom. The second-order valence-corrected chi connectivity index (χ2v) is 9.55. The highest BCUT2D eigenvalue weighted by Gasteiger charge is 2.49. The number of hydrogen-bond donors (Lipinski definition) is 1. The van der Waals surface area contributed by atoms with Gasteiger partial charge in [-0.2, -0.15) is 0 Å². The molecule has 3 aromatic rings. The summed E-state index contributed by atoms with van der Waals surface area (Å²) in [6, 6.07) is 30.6. The Bertz CT molecular complexity index is 1020. The van der Waals surface area contributed by atoms with Crippen LogP contribution >= 0.6 is 0 Å². The number of nitrogens with zero attached hydrogens (tertiary/aromatic N) is 1. The predicted octanol–water partition coefficient (Wildman–Crippen LogP) is 4.58. The first-order valence-corrected chi connectivity index (χ1v) is 12.7. The maximum atomic E-state index is 11.1. The van der Waals surface area contributed by atoms with Gasteiger partial charge in [0.15, 0.2) is 0 Å². The molecule has 2 aliphatic rings. The van der Waals surface area contributed by atoms with Gasteiger partial charge in [0.05, 0.1) is 38.1 Å². The van der Waals surface area contributed by atoms with Crippen molar-refractivity contribution in [1.82, 2.24) is 4.90 Å². The molecule has 2 heterocycles. The Morgan fingerprint density at radius 3 is 1.69 bits per heavy atom. The highest BCUT2D eigenvalue weighted by molar-refractivity contribution is 5.16. The summed E-state index contributed by atoms with van der Waals surface area (Å²) < 4.78 is 19.7. The lowest BCUT2D eigenvalue weighted by atomic mass is 9.85. The van der Waals surface area contributed by atoms with Crippen LogP contribution in [0.3, 0.4) is 0 Å². The van der Waals surface area contributed by atoms with Crippen LogP contribution in [0.15, 0.2) is 91.0 Å². The summed E-state index contributed by atoms with van der Waals surface area (Å²) in [5, 5.41) is 11.1. The molecule has 2 fully saturated rings. The molecule has 0 spiro atoms. The first kappa shape index (κ1) is 24.2. The zero-order valence-electron chi connectivity index (χ0n) is 20.1. The monoisotopic (exact) mass is 473 g/mol. The van der Waals surface area contributed by atoms with Crippen LogP contribution in [0, 0.1) is 0 Å². The standard InChI is InChI=1S/C30H35NO4/c32-26-17-10-18-31-19-27(33-20-23-11-4-1-5-12-23)29(34-21-24-13-6-2-7-14-24)30(28(26)31)35-22-25-15-8-3-9-16-25/h1-9,11-16,26-30,32H,10,17-22H2/t26-,27-,28+,29-,30-/m1/s1. The van der Waals surface area contributed by atoms with Gasteiger partial charge in [0.2, 0.25) is 0 Å². The van der Waals surface area contributed by atoms with Gasteiger partial charge >= 0.3 is 0 Å². The fraction of sp³-hybridized carbons (Fsp3) is 0.400. The van der Waals surface area contributed by atoms with E-state index in [9.17, 15) is 5.11 Å². The smallest absolute Gasteiger partial charge is 0.113 e. The lowest BCUT2D eigenvalue weighted by molar-refractivity contribution is -0.222. The largest absolute Gasteiger partial charge is 0.391 e. The maximum absolute atomic E-state index is 11.1. The van der Waals surface area contributed by atoms with Gasteiger partial charge in [-0.1, -0.05) is 91.0 Å². The molecule has 2 saturated heterocycles. The molecule has 0 unspecified atom stereocenters. The Labute approximate surface area is 208 Å². The highest BCUT2D eigenvalue weighted by atomic mass is 16.6. The quantitative estimate of drug-likeness (QED) is 0.493. The average Bonchev–Trinajstić information content (AvgIpc) is 2.91. The van der Waals surface area contributed by atoms with Gasteiger partial charge in [0, 0.05) is 6.54 Å². The van der Waals surface area contributed by atoms with E-state index in [4.69, 9.17) is 14.2 Å². The van der Waals surface area contributed by atoms with Crippen molar-refractivity contribution >= 4 is 0 Å². The Kier molecular flexibility index (Phi) is 8.24. The summed E-state index contributed by atoms with van der Waals surface area (Å²) in [7, 11) is 0. The number of ether oxygens (including phenoxy) is 3. The summed E-state index contributed by atoms with van der Waals surface area (Å²) >= 11 is 0. The normalized spacial score (nSPS) is 26.8. The minimum atomic E-state index is -0.442. The molecular formula is C30H35NO4. The van der Waals surface area contributed by atoms with E-state index in [1.807, 2.05) is 54.6 Å². The van der Waals surface area contributed by atoms with Gasteiger partial charge in [-0.15, -0.1) is 0 Å². The van der Waals surface area contributed by atoms with Crippen LogP contribution < -0.4 is 0 Å². The van der Waals surface area contributed by atoms with Crippen LogP contribution in [-0.2, 0) is 34.0 Å². The molecule has 2 aliphatic heterocycles. The Hall–Kier alpha value is -2.54. The highest BCUT2D eigenvalue weighted by Crippen LogP contribution is 2.33. The molecule has 0 aromatic heterocycles. The number of benzene rings is 3. The number of fused-ring (bicyclic) bond motifs is 1. The Balaban J connectivity index is 1.39. The molecule has 1 N–H and O–H groups in total. The molecule has 0 amide bonds. The van der Waals surface area contributed by atoms with Crippen molar-refractivity contribution in [3.63, 3.8) is 0 Å². The van der Waals surface area contributed by atoms with Gasteiger partial charge in [0.25, 0.3) is 0 Å². The van der Waals surface area contributed by atoms with Crippen molar-refractivity contribution in [3.8, 4) is 0 Å². The molecule has 0 bridgehead atoms. The van der Waals surface area contributed by atoms with Crippen LogP contribution in [0.5, 0.6) is 0 Å². The SMILES string of the molecule is O[C@@H]1CCCN2C[C@@H](OCc3ccccc3)[C@@H](OCc3ccccc3)[C@H](OCc3ccccc3)[C@H]12. The molecule has 5 atom stereocenters. The van der Waals surface area contributed by atoms with Crippen LogP contribution in [-0.4, -0.2) is 53.6 Å². The number of hydrogen-bond acceptors (Lipinski definition) is 5. The fourth-order valence-electron chi connectivity index (χ4n) is 5.30. The third kappa shape index (κ3) is 6.18. The average molecular weight is 474 g/mol. The molecular weight excluding hydrogens is 438 g/mol. The number of aliphatic hydroxyl groups is 1. The first-order valence-electron chi connectivity index (χ1n) is 12.7. The van der Waals surface area contributed by atoms with Crippen LogP contribution in [0.25, 0.3) is 0 Å². The lowest BCUT2D eigenvalue weighted by Gasteiger charge is -2.52. The van der Waals surface area contributed by atoms with Crippen LogP contribution in [0.1, 0.15) is 29.5 Å².